The summed E-state index contributed by atoms with van der Waals surface area (Å²) in [5.41, 5.74) is 0. The second-order valence-electron chi connectivity index (χ2n) is 28.0. The van der Waals surface area contributed by atoms with Crippen LogP contribution in [-0.4, -0.2) is 149 Å². The Bertz CT molecular complexity index is 2260. The minimum atomic E-state index is -1.16. The molecule has 7 N–H and O–H groups in total. The number of unbranched alkanes of at least 4 members (excludes halogenated alkanes) is 24. The summed E-state index contributed by atoms with van der Waals surface area (Å²) in [6.45, 7) is 8.74. The summed E-state index contributed by atoms with van der Waals surface area (Å²) < 4.78 is 5.74. The van der Waals surface area contributed by atoms with Crippen molar-refractivity contribution in [2.75, 3.05) is 74.1 Å². The number of nitrogens with zero attached hydrogens (tertiary/aromatic N) is 2. The van der Waals surface area contributed by atoms with Gasteiger partial charge in [0.1, 0.15) is 24.7 Å². The van der Waals surface area contributed by atoms with E-state index in [0.717, 1.165) is 161 Å². The van der Waals surface area contributed by atoms with Crippen molar-refractivity contribution in [1.29, 1.82) is 0 Å². The van der Waals surface area contributed by atoms with Gasteiger partial charge in [0, 0.05) is 51.7 Å². The molecule has 18 nitrogen and oxygen atoms in total. The third-order valence-electron chi connectivity index (χ3n) is 17.6. The zero-order valence-corrected chi connectivity index (χ0v) is 65.2. The molecule has 0 aliphatic rings. The molecule has 580 valence electrons. The molecule has 0 saturated heterocycles. The topological polar surface area (TPSA) is 236 Å². The third-order valence-corrected chi connectivity index (χ3v) is 17.6. The normalized spacial score (nSPS) is 12.8. The van der Waals surface area contributed by atoms with Crippen LogP contribution in [0.5, 0.6) is 0 Å². The molecule has 101 heavy (non-hydrogen) atoms. The Morgan fingerprint density at radius 3 is 0.950 bits per heavy atom. The number of hydrogen-bond acceptors (Lipinski definition) is 11. The molecule has 0 aliphatic heterocycles. The van der Waals surface area contributed by atoms with E-state index >= 15 is 0 Å². The fourth-order valence-corrected chi connectivity index (χ4v) is 11.4. The van der Waals surface area contributed by atoms with Gasteiger partial charge in [0.25, 0.3) is 0 Å². The number of allylic oxidation sites excluding steroid dienone is 12. The highest BCUT2D eigenvalue weighted by Crippen LogP contribution is 2.14. The van der Waals surface area contributed by atoms with Crippen LogP contribution in [0.15, 0.2) is 72.9 Å². The van der Waals surface area contributed by atoms with Gasteiger partial charge in [-0.25, -0.2) is 4.79 Å². The minimum Gasteiger partial charge on any atom is -0.462 e. The van der Waals surface area contributed by atoms with Crippen molar-refractivity contribution in [3.63, 3.8) is 0 Å². The molecule has 0 saturated carbocycles. The van der Waals surface area contributed by atoms with Crippen LogP contribution in [-0.2, 0) is 43.1 Å². The summed E-state index contributed by atoms with van der Waals surface area (Å²) >= 11 is 0. The molecule has 0 radical (unpaired) electrons. The Morgan fingerprint density at radius 1 is 0.297 bits per heavy atom. The Morgan fingerprint density at radius 2 is 0.594 bits per heavy atom. The van der Waals surface area contributed by atoms with E-state index in [-0.39, 0.29) is 81.3 Å². The molecule has 3 atom stereocenters. The molecule has 0 fully saturated rings. The molecular weight excluding hydrogens is 1270 g/mol. The molecule has 0 bridgehead atoms. The first kappa shape index (κ1) is 95.1. The van der Waals surface area contributed by atoms with Crippen LogP contribution in [0.3, 0.4) is 0 Å². The van der Waals surface area contributed by atoms with Gasteiger partial charge in [-0.15, -0.1) is 0 Å². The van der Waals surface area contributed by atoms with E-state index in [4.69, 9.17) is 4.74 Å². The SMILES string of the molecule is CCCCC/C=C\C/C=C\CCCCCCCC(=O)NCCCC(NC(=O)CCCCCCC/C=C\C/C=C\CCCCC)C(=O)NC(CCCNC(=O)CCCCCCC/C=C\C/C=C\CCCCC)C(=O)OCCNC(=O)C(CCCNC(=O)CCCN(C)C)NC(=O)CCCN(C)C. The summed E-state index contributed by atoms with van der Waals surface area (Å²) in [7, 11) is 7.76. The lowest BCUT2D eigenvalue weighted by molar-refractivity contribution is -0.148. The van der Waals surface area contributed by atoms with Crippen LogP contribution < -0.4 is 37.2 Å². The maximum Gasteiger partial charge on any atom is 0.328 e. The van der Waals surface area contributed by atoms with Crippen LogP contribution in [0.25, 0.3) is 0 Å². The monoisotopic (exact) mass is 1420 g/mol. The molecule has 0 aromatic carbocycles. The number of hydrogen-bond donors (Lipinski definition) is 7. The van der Waals surface area contributed by atoms with Crippen molar-refractivity contribution >= 4 is 47.3 Å². The average molecular weight is 1420 g/mol. The standard InChI is InChI=1S/C83H149N9O9/c1-8-11-14-17-20-23-26-29-32-35-38-41-44-47-50-61-76(93)84-67-54-59-74(89-79(96)63-52-49-46-43-40-37-34-31-28-25-22-19-16-13-10-3)82(99)90-75(60-55-68-85-77(94)62-51-48-45-42-39-36-33-30-27-24-21-18-15-12-9-2)83(100)101-72-69-87-81(98)73(88-80(97)65-57-71-92(6)7)58-53-66-86-78(95)64-56-70-91(4)5/h20-25,29-34,73-75H,8-19,26-28,35-72H2,1-7H3,(H,84,93)(H,85,94)(H,86,95)(H,87,98)(H,88,97)(H,89,96)(H,90,99)/b23-20-,24-21-,25-22-,32-29-,33-30-,34-31-. The van der Waals surface area contributed by atoms with Crippen molar-refractivity contribution in [2.45, 2.75) is 334 Å². The van der Waals surface area contributed by atoms with Crippen molar-refractivity contribution in [3.05, 3.63) is 72.9 Å². The zero-order chi connectivity index (χ0) is 74.1. The van der Waals surface area contributed by atoms with E-state index in [9.17, 15) is 38.4 Å². The Hall–Kier alpha value is -5.88. The minimum absolute atomic E-state index is 0.0536. The number of amides is 7. The fourth-order valence-electron chi connectivity index (χ4n) is 11.4. The van der Waals surface area contributed by atoms with Gasteiger partial charge in [-0.05, 0) is 208 Å². The third kappa shape index (κ3) is 67.1. The second kappa shape index (κ2) is 72.5. The summed E-state index contributed by atoms with van der Waals surface area (Å²) in [6.07, 6.45) is 67.4. The van der Waals surface area contributed by atoms with Gasteiger partial charge >= 0.3 is 5.97 Å². The number of ether oxygens (including phenoxy) is 1. The molecule has 0 aromatic rings. The lowest BCUT2D eigenvalue weighted by atomic mass is 10.1. The molecule has 7 amide bonds. The van der Waals surface area contributed by atoms with Gasteiger partial charge in [0.15, 0.2) is 0 Å². The predicted octanol–water partition coefficient (Wildman–Crippen LogP) is 15.9. The molecule has 3 unspecified atom stereocenters. The van der Waals surface area contributed by atoms with E-state index in [1.54, 1.807) is 0 Å². The highest BCUT2D eigenvalue weighted by atomic mass is 16.5. The molecule has 0 aliphatic carbocycles. The quantitative estimate of drug-likeness (QED) is 0.0172. The lowest BCUT2D eigenvalue weighted by Gasteiger charge is -2.23. The molecule has 0 aromatic heterocycles. The molecule has 0 rings (SSSR count). The van der Waals surface area contributed by atoms with Gasteiger partial charge in [0.2, 0.25) is 41.4 Å². The first-order valence-corrected chi connectivity index (χ1v) is 40.5. The van der Waals surface area contributed by atoms with Crippen molar-refractivity contribution < 1.29 is 43.1 Å². The fraction of sp³-hybridized carbons (Fsp3) is 0.759. The van der Waals surface area contributed by atoms with Gasteiger partial charge in [0.05, 0.1) is 6.54 Å². The van der Waals surface area contributed by atoms with Gasteiger partial charge < -0.3 is 51.8 Å². The zero-order valence-electron chi connectivity index (χ0n) is 65.2. The average Bonchev–Trinajstić information content (AvgIpc) is 0.910. The molecule has 18 heteroatoms. The number of esters is 1. The number of carbonyl (C=O) groups excluding carboxylic acids is 8. The Kier molecular flexibility index (Phi) is 68.3. The maximum absolute atomic E-state index is 14.4. The first-order chi connectivity index (χ1) is 49.1. The summed E-state index contributed by atoms with van der Waals surface area (Å²) in [5.74, 6) is -2.53. The summed E-state index contributed by atoms with van der Waals surface area (Å²) in [6, 6.07) is -3.07. The number of rotatable bonds is 71. The van der Waals surface area contributed by atoms with E-state index < -0.39 is 35.9 Å². The number of nitrogens with one attached hydrogen (secondary N) is 7. The Labute approximate surface area is 615 Å². The largest absolute Gasteiger partial charge is 0.462 e. The Balaban J connectivity index is 6.03. The second-order valence-corrected chi connectivity index (χ2v) is 28.0. The van der Waals surface area contributed by atoms with Crippen LogP contribution in [0.4, 0.5) is 0 Å². The van der Waals surface area contributed by atoms with E-state index in [0.29, 0.717) is 71.0 Å². The van der Waals surface area contributed by atoms with Crippen molar-refractivity contribution in [3.8, 4) is 0 Å². The molecular formula is C83H149N9O9. The smallest absolute Gasteiger partial charge is 0.328 e. The van der Waals surface area contributed by atoms with Gasteiger partial charge in [-0.3, -0.25) is 33.6 Å². The highest BCUT2D eigenvalue weighted by molar-refractivity contribution is 5.91. The highest BCUT2D eigenvalue weighted by Gasteiger charge is 2.28. The molecule has 0 heterocycles. The van der Waals surface area contributed by atoms with Gasteiger partial charge in [-0.2, -0.15) is 0 Å². The number of carbonyl (C=O) groups is 8. The van der Waals surface area contributed by atoms with E-state index in [1.807, 2.05) is 38.0 Å². The van der Waals surface area contributed by atoms with Crippen LogP contribution in [0.2, 0.25) is 0 Å². The lowest BCUT2D eigenvalue weighted by Crippen LogP contribution is -2.52. The maximum atomic E-state index is 14.4. The van der Waals surface area contributed by atoms with E-state index in [2.05, 4.69) is 131 Å². The van der Waals surface area contributed by atoms with Crippen LogP contribution >= 0.6 is 0 Å². The van der Waals surface area contributed by atoms with Crippen LogP contribution in [0, 0.1) is 0 Å². The van der Waals surface area contributed by atoms with Gasteiger partial charge in [-0.1, -0.05) is 190 Å². The summed E-state index contributed by atoms with van der Waals surface area (Å²) in [4.78, 5) is 111. The summed E-state index contributed by atoms with van der Waals surface area (Å²) in [5, 5.41) is 20.4. The van der Waals surface area contributed by atoms with Crippen LogP contribution in [0.1, 0.15) is 316 Å². The van der Waals surface area contributed by atoms with Crippen molar-refractivity contribution in [1.82, 2.24) is 47.0 Å². The predicted molar refractivity (Wildman–Crippen MR) is 420 cm³/mol. The molecule has 0 spiro atoms. The van der Waals surface area contributed by atoms with E-state index in [1.165, 1.54) is 57.8 Å². The van der Waals surface area contributed by atoms with Crippen molar-refractivity contribution in [2.24, 2.45) is 0 Å². The first-order valence-electron chi connectivity index (χ1n) is 40.5.